The van der Waals surface area contributed by atoms with Crippen LogP contribution in [0.5, 0.6) is 0 Å². The predicted octanol–water partition coefficient (Wildman–Crippen LogP) is 2.05. The van der Waals surface area contributed by atoms with Crippen molar-refractivity contribution in [1.29, 1.82) is 0 Å². The van der Waals surface area contributed by atoms with Gasteiger partial charge in [0.2, 0.25) is 5.91 Å². The molecule has 8 heteroatoms. The lowest BCUT2D eigenvalue weighted by Crippen LogP contribution is -2.41. The third-order valence-corrected chi connectivity index (χ3v) is 4.37. The number of carbonyl (C=O) groups excluding carboxylic acids is 2. The number of fused-ring (bicyclic) bond motifs is 1. The highest BCUT2D eigenvalue weighted by atomic mass is 16.5. The number of piperidine rings is 1. The van der Waals surface area contributed by atoms with Crippen LogP contribution in [0.25, 0.3) is 11.0 Å². The largest absolute Gasteiger partial charge is 0.468 e. The van der Waals surface area contributed by atoms with Gasteiger partial charge in [-0.1, -0.05) is 0 Å². The van der Waals surface area contributed by atoms with Crippen molar-refractivity contribution in [3.05, 3.63) is 18.5 Å². The molecule has 0 bridgehead atoms. The molecule has 1 aliphatic rings. The van der Waals surface area contributed by atoms with Crippen LogP contribution in [0, 0.1) is 0 Å². The van der Waals surface area contributed by atoms with E-state index in [2.05, 4.69) is 27.1 Å². The molecule has 0 spiro atoms. The fourth-order valence-corrected chi connectivity index (χ4v) is 2.96. The number of amides is 1. The summed E-state index contributed by atoms with van der Waals surface area (Å²) >= 11 is 0. The molecule has 142 valence electrons. The van der Waals surface area contributed by atoms with Gasteiger partial charge in [0.1, 0.15) is 0 Å². The molecule has 0 saturated carbocycles. The van der Waals surface area contributed by atoms with E-state index in [0.29, 0.717) is 19.1 Å². The Morgan fingerprint density at radius 3 is 2.65 bits per heavy atom. The SMILES string of the molecule is CCOC=O.CCn1ncc2c(NC3CCN(C(C)=O)CC3)ccnc21. The van der Waals surface area contributed by atoms with Crippen LogP contribution in [0.1, 0.15) is 33.6 Å². The summed E-state index contributed by atoms with van der Waals surface area (Å²) < 4.78 is 6.05. The zero-order chi connectivity index (χ0) is 18.9. The average molecular weight is 361 g/mol. The van der Waals surface area contributed by atoms with E-state index in [1.807, 2.05) is 28.0 Å². The minimum Gasteiger partial charge on any atom is -0.468 e. The Hall–Kier alpha value is -2.64. The molecule has 2 aromatic heterocycles. The fraction of sp³-hybridized carbons (Fsp3) is 0.556. The highest BCUT2D eigenvalue weighted by Crippen LogP contribution is 2.24. The summed E-state index contributed by atoms with van der Waals surface area (Å²) in [4.78, 5) is 26.9. The molecule has 26 heavy (non-hydrogen) atoms. The van der Waals surface area contributed by atoms with Crippen molar-refractivity contribution in [2.45, 2.75) is 46.2 Å². The first-order chi connectivity index (χ1) is 12.6. The van der Waals surface area contributed by atoms with E-state index in [1.54, 1.807) is 13.8 Å². The zero-order valence-electron chi connectivity index (χ0n) is 15.6. The second-order valence-corrected chi connectivity index (χ2v) is 6.03. The summed E-state index contributed by atoms with van der Waals surface area (Å²) in [6.45, 7) is 8.84. The minimum absolute atomic E-state index is 0.170. The predicted molar refractivity (Wildman–Crippen MR) is 99.8 cm³/mol. The van der Waals surface area contributed by atoms with Gasteiger partial charge in [-0.2, -0.15) is 5.10 Å². The van der Waals surface area contributed by atoms with Gasteiger partial charge < -0.3 is 15.0 Å². The Morgan fingerprint density at radius 1 is 1.38 bits per heavy atom. The molecule has 1 saturated heterocycles. The van der Waals surface area contributed by atoms with Gasteiger partial charge in [-0.05, 0) is 32.8 Å². The van der Waals surface area contributed by atoms with Crippen molar-refractivity contribution in [3.63, 3.8) is 0 Å². The number of pyridine rings is 1. The van der Waals surface area contributed by atoms with Crippen molar-refractivity contribution in [2.75, 3.05) is 25.0 Å². The van der Waals surface area contributed by atoms with Crippen LogP contribution in [0.3, 0.4) is 0 Å². The van der Waals surface area contributed by atoms with Crippen LogP contribution in [0.2, 0.25) is 0 Å². The standard InChI is InChI=1S/C15H21N5O.C3H6O2/c1-3-20-15-13(10-17-20)14(4-7-16-15)18-12-5-8-19(9-6-12)11(2)21;1-2-5-3-4/h4,7,10,12H,3,5-6,8-9H2,1-2H3,(H,16,18);3H,2H2,1H3. The van der Waals surface area contributed by atoms with E-state index >= 15 is 0 Å². The number of ether oxygens (including phenoxy) is 1. The lowest BCUT2D eigenvalue weighted by molar-refractivity contribution is -0.130. The zero-order valence-corrected chi connectivity index (χ0v) is 15.6. The molecule has 3 rings (SSSR count). The normalized spacial score (nSPS) is 14.5. The highest BCUT2D eigenvalue weighted by molar-refractivity contribution is 5.88. The number of carbonyl (C=O) groups is 2. The van der Waals surface area contributed by atoms with Crippen molar-refractivity contribution in [1.82, 2.24) is 19.7 Å². The maximum absolute atomic E-state index is 11.4. The van der Waals surface area contributed by atoms with Crippen molar-refractivity contribution < 1.29 is 14.3 Å². The van der Waals surface area contributed by atoms with Gasteiger partial charge in [0.25, 0.3) is 6.47 Å². The number of hydrogen-bond acceptors (Lipinski definition) is 6. The van der Waals surface area contributed by atoms with Crippen molar-refractivity contribution in [3.8, 4) is 0 Å². The maximum Gasteiger partial charge on any atom is 0.293 e. The lowest BCUT2D eigenvalue weighted by Gasteiger charge is -2.32. The Kier molecular flexibility index (Phi) is 7.37. The number of nitrogens with zero attached hydrogens (tertiary/aromatic N) is 4. The third kappa shape index (κ3) is 4.93. The summed E-state index contributed by atoms with van der Waals surface area (Å²) in [5.74, 6) is 0.170. The fourth-order valence-electron chi connectivity index (χ4n) is 2.96. The molecule has 0 aliphatic carbocycles. The molecule has 0 aromatic carbocycles. The van der Waals surface area contributed by atoms with E-state index in [4.69, 9.17) is 0 Å². The van der Waals surface area contributed by atoms with Gasteiger partial charge in [0.15, 0.2) is 5.65 Å². The van der Waals surface area contributed by atoms with E-state index in [9.17, 15) is 9.59 Å². The van der Waals surface area contributed by atoms with Crippen molar-refractivity contribution in [2.24, 2.45) is 0 Å². The number of aromatic nitrogens is 3. The van der Waals surface area contributed by atoms with E-state index < -0.39 is 0 Å². The Labute approximate surface area is 153 Å². The van der Waals surface area contributed by atoms with E-state index in [0.717, 1.165) is 49.2 Å². The van der Waals surface area contributed by atoms with Gasteiger partial charge in [-0.25, -0.2) is 9.67 Å². The third-order valence-electron chi connectivity index (χ3n) is 4.37. The molecule has 3 heterocycles. The first-order valence-electron chi connectivity index (χ1n) is 8.98. The number of rotatable bonds is 5. The van der Waals surface area contributed by atoms with Crippen LogP contribution >= 0.6 is 0 Å². The molecule has 1 amide bonds. The van der Waals surface area contributed by atoms with Gasteiger partial charge in [-0.3, -0.25) is 9.59 Å². The molecule has 8 nitrogen and oxygen atoms in total. The van der Waals surface area contributed by atoms with Gasteiger partial charge in [-0.15, -0.1) is 0 Å². The molecule has 0 atom stereocenters. The minimum atomic E-state index is 0.170. The smallest absolute Gasteiger partial charge is 0.293 e. The lowest BCUT2D eigenvalue weighted by atomic mass is 10.0. The van der Waals surface area contributed by atoms with Crippen LogP contribution in [-0.2, 0) is 20.9 Å². The van der Waals surface area contributed by atoms with Crippen LogP contribution in [0.15, 0.2) is 18.5 Å². The second kappa shape index (κ2) is 9.74. The molecule has 1 N–H and O–H groups in total. The summed E-state index contributed by atoms with van der Waals surface area (Å²) in [6.07, 6.45) is 5.65. The molecule has 1 fully saturated rings. The number of anilines is 1. The van der Waals surface area contributed by atoms with Crippen LogP contribution in [-0.4, -0.2) is 57.8 Å². The quantitative estimate of drug-likeness (QED) is 0.820. The topological polar surface area (TPSA) is 89.4 Å². The number of hydrogen-bond donors (Lipinski definition) is 1. The van der Waals surface area contributed by atoms with Crippen molar-refractivity contribution >= 4 is 29.1 Å². The van der Waals surface area contributed by atoms with Crippen LogP contribution in [0.4, 0.5) is 5.69 Å². The first-order valence-corrected chi connectivity index (χ1v) is 8.98. The molecule has 0 radical (unpaired) electrons. The Balaban J connectivity index is 0.000000431. The number of nitrogens with one attached hydrogen (secondary N) is 1. The monoisotopic (exact) mass is 361 g/mol. The van der Waals surface area contributed by atoms with Crippen LogP contribution < -0.4 is 5.32 Å². The van der Waals surface area contributed by atoms with Gasteiger partial charge >= 0.3 is 0 Å². The maximum atomic E-state index is 11.4. The highest BCUT2D eigenvalue weighted by Gasteiger charge is 2.21. The average Bonchev–Trinajstić information content (AvgIpc) is 3.08. The summed E-state index contributed by atoms with van der Waals surface area (Å²) in [7, 11) is 0. The van der Waals surface area contributed by atoms with Gasteiger partial charge in [0, 0.05) is 44.5 Å². The second-order valence-electron chi connectivity index (χ2n) is 6.03. The van der Waals surface area contributed by atoms with Gasteiger partial charge in [0.05, 0.1) is 18.2 Å². The summed E-state index contributed by atoms with van der Waals surface area (Å²) in [5.41, 5.74) is 2.00. The molecule has 1 aliphatic heterocycles. The van der Waals surface area contributed by atoms with E-state index in [-0.39, 0.29) is 5.91 Å². The number of likely N-dealkylation sites (tertiary alicyclic amines) is 1. The summed E-state index contributed by atoms with van der Waals surface area (Å²) in [5, 5.41) is 9.02. The number of aryl methyl sites for hydroxylation is 1. The Morgan fingerprint density at radius 2 is 2.12 bits per heavy atom. The molecular formula is C18H27N5O3. The molecular weight excluding hydrogens is 334 g/mol. The Bertz CT molecular complexity index is 723. The molecule has 0 unspecified atom stereocenters. The van der Waals surface area contributed by atoms with E-state index in [1.165, 1.54) is 0 Å². The molecule has 2 aromatic rings. The first kappa shape index (κ1) is 19.7. The summed E-state index contributed by atoms with van der Waals surface area (Å²) in [6, 6.07) is 2.40.